The predicted molar refractivity (Wildman–Crippen MR) is 81.3 cm³/mol. The van der Waals surface area contributed by atoms with Crippen molar-refractivity contribution in [1.29, 1.82) is 0 Å². The van der Waals surface area contributed by atoms with Gasteiger partial charge in [0.2, 0.25) is 0 Å². The monoisotopic (exact) mass is 309 g/mol. The van der Waals surface area contributed by atoms with Gasteiger partial charge in [0.25, 0.3) is 5.89 Å². The maximum absolute atomic E-state index is 5.75. The van der Waals surface area contributed by atoms with Gasteiger partial charge in [0.1, 0.15) is 6.10 Å². The third-order valence-corrected chi connectivity index (χ3v) is 3.61. The van der Waals surface area contributed by atoms with Crippen LogP contribution in [-0.2, 0) is 17.6 Å². The van der Waals surface area contributed by atoms with Crippen molar-refractivity contribution >= 4 is 12.4 Å². The Labute approximate surface area is 130 Å². The van der Waals surface area contributed by atoms with Crippen LogP contribution in [0.3, 0.4) is 0 Å². The summed E-state index contributed by atoms with van der Waals surface area (Å²) in [5.41, 5.74) is 6.88. The van der Waals surface area contributed by atoms with Gasteiger partial charge in [-0.05, 0) is 24.8 Å². The van der Waals surface area contributed by atoms with Crippen molar-refractivity contribution < 1.29 is 9.26 Å². The van der Waals surface area contributed by atoms with Gasteiger partial charge < -0.3 is 15.0 Å². The van der Waals surface area contributed by atoms with Crippen LogP contribution in [0, 0.1) is 0 Å². The normalized spacial score (nSPS) is 21.2. The summed E-state index contributed by atoms with van der Waals surface area (Å²) >= 11 is 0. The van der Waals surface area contributed by atoms with E-state index in [1.54, 1.807) is 0 Å². The SMILES string of the molecule is Cl.NCC1CCC(c2nc(CCc3ccccc3)no2)O1. The van der Waals surface area contributed by atoms with Crippen molar-refractivity contribution in [1.82, 2.24) is 10.1 Å². The number of aromatic nitrogens is 2. The van der Waals surface area contributed by atoms with Crippen LogP contribution in [0.5, 0.6) is 0 Å². The van der Waals surface area contributed by atoms with E-state index in [1.165, 1.54) is 5.56 Å². The lowest BCUT2D eigenvalue weighted by Gasteiger charge is -2.07. The summed E-state index contributed by atoms with van der Waals surface area (Å²) < 4.78 is 11.1. The second-order valence-electron chi connectivity index (χ2n) is 5.09. The molecule has 1 aliphatic rings. The lowest BCUT2D eigenvalue weighted by Crippen LogP contribution is -2.18. The molecular formula is C15H20ClN3O2. The summed E-state index contributed by atoms with van der Waals surface area (Å²) in [6.07, 6.45) is 3.60. The highest BCUT2D eigenvalue weighted by Crippen LogP contribution is 2.31. The maximum atomic E-state index is 5.75. The minimum atomic E-state index is -0.0819. The van der Waals surface area contributed by atoms with E-state index in [2.05, 4.69) is 22.3 Å². The minimum absolute atomic E-state index is 0. The number of halogens is 1. The molecule has 5 nitrogen and oxygen atoms in total. The second-order valence-corrected chi connectivity index (χ2v) is 5.09. The Bertz CT molecular complexity index is 547. The molecular weight excluding hydrogens is 290 g/mol. The third-order valence-electron chi connectivity index (χ3n) is 3.61. The Morgan fingerprint density at radius 2 is 1.95 bits per heavy atom. The van der Waals surface area contributed by atoms with Gasteiger partial charge >= 0.3 is 0 Å². The van der Waals surface area contributed by atoms with E-state index in [-0.39, 0.29) is 24.6 Å². The molecule has 6 heteroatoms. The summed E-state index contributed by atoms with van der Waals surface area (Å²) in [5, 5.41) is 4.03. The smallest absolute Gasteiger partial charge is 0.255 e. The van der Waals surface area contributed by atoms with Gasteiger partial charge in [0, 0.05) is 13.0 Å². The van der Waals surface area contributed by atoms with Gasteiger partial charge in [-0.25, -0.2) is 0 Å². The van der Waals surface area contributed by atoms with Gasteiger partial charge in [-0.3, -0.25) is 0 Å². The van der Waals surface area contributed by atoms with Crippen LogP contribution in [0.2, 0.25) is 0 Å². The number of hydrogen-bond donors (Lipinski definition) is 1. The Hall–Kier alpha value is -1.43. The van der Waals surface area contributed by atoms with Crippen molar-refractivity contribution in [2.24, 2.45) is 5.73 Å². The highest BCUT2D eigenvalue weighted by molar-refractivity contribution is 5.85. The first-order valence-corrected chi connectivity index (χ1v) is 7.07. The zero-order valence-corrected chi connectivity index (χ0v) is 12.6. The van der Waals surface area contributed by atoms with Crippen LogP contribution >= 0.6 is 12.4 Å². The first-order valence-electron chi connectivity index (χ1n) is 7.07. The lowest BCUT2D eigenvalue weighted by atomic mass is 10.1. The van der Waals surface area contributed by atoms with E-state index in [0.29, 0.717) is 12.4 Å². The zero-order valence-electron chi connectivity index (χ0n) is 11.8. The van der Waals surface area contributed by atoms with E-state index < -0.39 is 0 Å². The summed E-state index contributed by atoms with van der Waals surface area (Å²) in [6.45, 7) is 0.547. The van der Waals surface area contributed by atoms with Gasteiger partial charge in [0.05, 0.1) is 6.10 Å². The van der Waals surface area contributed by atoms with Gasteiger partial charge in [-0.1, -0.05) is 35.5 Å². The highest BCUT2D eigenvalue weighted by atomic mass is 35.5. The quantitative estimate of drug-likeness (QED) is 0.918. The Morgan fingerprint density at radius 1 is 1.14 bits per heavy atom. The molecule has 0 bridgehead atoms. The summed E-state index contributed by atoms with van der Waals surface area (Å²) in [5.74, 6) is 1.33. The number of nitrogens with two attached hydrogens (primary N) is 1. The molecule has 2 N–H and O–H groups in total. The van der Waals surface area contributed by atoms with Crippen LogP contribution in [-0.4, -0.2) is 22.8 Å². The molecule has 1 aliphatic heterocycles. The molecule has 3 rings (SSSR count). The van der Waals surface area contributed by atoms with Crippen LogP contribution in [0.25, 0.3) is 0 Å². The van der Waals surface area contributed by atoms with Crippen LogP contribution in [0.15, 0.2) is 34.9 Å². The highest BCUT2D eigenvalue weighted by Gasteiger charge is 2.29. The fourth-order valence-corrected chi connectivity index (χ4v) is 2.46. The third kappa shape index (κ3) is 4.03. The van der Waals surface area contributed by atoms with Crippen molar-refractivity contribution in [2.75, 3.05) is 6.54 Å². The fourth-order valence-electron chi connectivity index (χ4n) is 2.46. The second kappa shape index (κ2) is 7.54. The van der Waals surface area contributed by atoms with Crippen LogP contribution < -0.4 is 5.73 Å². The molecule has 1 fully saturated rings. The van der Waals surface area contributed by atoms with E-state index in [1.807, 2.05) is 18.2 Å². The molecule has 21 heavy (non-hydrogen) atoms. The molecule has 114 valence electrons. The number of rotatable bonds is 5. The van der Waals surface area contributed by atoms with Crippen molar-refractivity contribution in [2.45, 2.75) is 37.9 Å². The summed E-state index contributed by atoms with van der Waals surface area (Å²) in [6, 6.07) is 10.3. The Morgan fingerprint density at radius 3 is 2.67 bits per heavy atom. The molecule has 2 heterocycles. The van der Waals surface area contributed by atoms with Crippen molar-refractivity contribution in [3.8, 4) is 0 Å². The molecule has 2 atom stereocenters. The predicted octanol–water partition coefficient (Wildman–Crippen LogP) is 2.46. The Balaban J connectivity index is 0.00000161. The molecule has 2 aromatic rings. The molecule has 1 aromatic carbocycles. The molecule has 0 saturated carbocycles. The molecule has 1 aromatic heterocycles. The Kier molecular flexibility index (Phi) is 5.73. The van der Waals surface area contributed by atoms with Gasteiger partial charge in [0.15, 0.2) is 5.82 Å². The number of ether oxygens (including phenoxy) is 1. The van der Waals surface area contributed by atoms with Gasteiger partial charge in [-0.2, -0.15) is 4.98 Å². The topological polar surface area (TPSA) is 74.2 Å². The molecule has 0 spiro atoms. The maximum Gasteiger partial charge on any atom is 0.255 e. The average Bonchev–Trinajstić information content (AvgIpc) is 3.15. The van der Waals surface area contributed by atoms with E-state index >= 15 is 0 Å². The summed E-state index contributed by atoms with van der Waals surface area (Å²) in [4.78, 5) is 4.43. The van der Waals surface area contributed by atoms with Gasteiger partial charge in [-0.15, -0.1) is 12.4 Å². The van der Waals surface area contributed by atoms with E-state index in [4.69, 9.17) is 15.0 Å². The van der Waals surface area contributed by atoms with E-state index in [9.17, 15) is 0 Å². The van der Waals surface area contributed by atoms with Crippen LogP contribution in [0.4, 0.5) is 0 Å². The molecule has 0 aliphatic carbocycles. The zero-order chi connectivity index (χ0) is 13.8. The first-order chi connectivity index (χ1) is 9.85. The largest absolute Gasteiger partial charge is 0.364 e. The average molecular weight is 310 g/mol. The van der Waals surface area contributed by atoms with Crippen LogP contribution in [0.1, 0.15) is 36.2 Å². The lowest BCUT2D eigenvalue weighted by molar-refractivity contribution is 0.0307. The van der Waals surface area contributed by atoms with Crippen molar-refractivity contribution in [3.05, 3.63) is 47.6 Å². The van der Waals surface area contributed by atoms with E-state index in [0.717, 1.165) is 31.5 Å². The van der Waals surface area contributed by atoms with Crippen molar-refractivity contribution in [3.63, 3.8) is 0 Å². The molecule has 0 amide bonds. The number of benzene rings is 1. The molecule has 0 radical (unpaired) electrons. The number of hydrogen-bond acceptors (Lipinski definition) is 5. The minimum Gasteiger partial charge on any atom is -0.364 e. The fraction of sp³-hybridized carbons (Fsp3) is 0.467. The summed E-state index contributed by atoms with van der Waals surface area (Å²) in [7, 11) is 0. The standard InChI is InChI=1S/C15H19N3O2.ClH/c16-10-12-7-8-13(19-12)15-17-14(18-20-15)9-6-11-4-2-1-3-5-11;/h1-5,12-13H,6-10,16H2;1H. The number of nitrogens with zero attached hydrogens (tertiary/aromatic N) is 2. The molecule has 1 saturated heterocycles. The molecule has 2 unspecified atom stereocenters. The number of aryl methyl sites for hydroxylation is 2. The first kappa shape index (κ1) is 15.9.